The van der Waals surface area contributed by atoms with Crippen LogP contribution in [0.25, 0.3) is 0 Å². The van der Waals surface area contributed by atoms with E-state index in [1.54, 1.807) is 18.7 Å². The predicted molar refractivity (Wildman–Crippen MR) is 158 cm³/mol. The molecule has 2 heterocycles. The van der Waals surface area contributed by atoms with Crippen LogP contribution in [0.5, 0.6) is 0 Å². The van der Waals surface area contributed by atoms with Gasteiger partial charge in [0.1, 0.15) is 0 Å². The highest BCUT2D eigenvalue weighted by Gasteiger charge is 2.61. The monoisotopic (exact) mass is 580 g/mol. The second kappa shape index (κ2) is 9.40. The molecule has 0 N–H and O–H groups in total. The van der Waals surface area contributed by atoms with Crippen molar-refractivity contribution in [1.29, 1.82) is 0 Å². The Labute approximate surface area is 238 Å². The summed E-state index contributed by atoms with van der Waals surface area (Å²) in [5, 5.41) is 9.25. The van der Waals surface area contributed by atoms with Crippen LogP contribution in [0.15, 0.2) is 102 Å². The summed E-state index contributed by atoms with van der Waals surface area (Å²) in [6.45, 7) is 1.56. The molecule has 1 spiro atoms. The van der Waals surface area contributed by atoms with Gasteiger partial charge in [0.05, 0.1) is 10.4 Å². The number of hydrogen-bond acceptors (Lipinski definition) is 5. The first-order valence-electron chi connectivity index (χ1n) is 11.5. The lowest BCUT2D eigenvalue weighted by atomic mass is 9.82. The van der Waals surface area contributed by atoms with Crippen LogP contribution in [0, 0.1) is 0 Å². The first kappa shape index (κ1) is 24.9. The minimum Gasteiger partial charge on any atom is -0.292 e. The van der Waals surface area contributed by atoms with Gasteiger partial charge in [0.2, 0.25) is 0 Å². The Morgan fingerprint density at radius 1 is 0.730 bits per heavy atom. The third-order valence-electron chi connectivity index (χ3n) is 6.52. The van der Waals surface area contributed by atoms with Crippen LogP contribution in [0.2, 0.25) is 15.1 Å². The van der Waals surface area contributed by atoms with E-state index in [-0.39, 0.29) is 5.78 Å². The minimum absolute atomic E-state index is 0.0746. The van der Waals surface area contributed by atoms with Gasteiger partial charge in [0.15, 0.2) is 15.0 Å². The zero-order valence-electron chi connectivity index (χ0n) is 19.5. The standard InChI is InChI=1S/C29H19Cl3N2OS2/c1-18(35)27-33-34(24-16-14-23(32)15-17-24)29(36-27)26-5-3-2-4-25(26)28(37-29,19-6-10-21(30)11-7-19)20-8-12-22(31)13-9-20/h2-17H,1H3/t29-/m1/s1. The predicted octanol–water partition coefficient (Wildman–Crippen LogP) is 8.95. The van der Waals surface area contributed by atoms with Crippen LogP contribution in [0.3, 0.4) is 0 Å². The average Bonchev–Trinajstić information content (AvgIpc) is 3.43. The van der Waals surface area contributed by atoms with Gasteiger partial charge >= 0.3 is 0 Å². The van der Waals surface area contributed by atoms with Crippen molar-refractivity contribution < 1.29 is 4.79 Å². The average molecular weight is 582 g/mol. The molecule has 0 saturated carbocycles. The lowest BCUT2D eigenvalue weighted by Crippen LogP contribution is -2.34. The highest BCUT2D eigenvalue weighted by Crippen LogP contribution is 2.70. The SMILES string of the molecule is CC(=O)C1=NN(c2ccc(Cl)cc2)[C@]2(S1)SC(c1ccc(Cl)cc1)(c1ccc(Cl)cc1)c1ccccc12. The van der Waals surface area contributed by atoms with E-state index < -0.39 is 8.95 Å². The van der Waals surface area contributed by atoms with Gasteiger partial charge in [0.25, 0.3) is 0 Å². The molecule has 6 rings (SSSR count). The number of carbonyl (C=O) groups is 1. The molecule has 8 heteroatoms. The number of hydrazone groups is 1. The Balaban J connectivity index is 1.64. The quantitative estimate of drug-likeness (QED) is 0.241. The molecule has 2 aliphatic heterocycles. The number of benzene rings is 4. The zero-order valence-corrected chi connectivity index (χ0v) is 23.4. The van der Waals surface area contributed by atoms with Gasteiger partial charge in [-0.15, -0.1) is 0 Å². The molecule has 0 bridgehead atoms. The van der Waals surface area contributed by atoms with E-state index >= 15 is 0 Å². The number of rotatable bonds is 4. The summed E-state index contributed by atoms with van der Waals surface area (Å²) in [6.07, 6.45) is 0. The van der Waals surface area contributed by atoms with Gasteiger partial charge < -0.3 is 0 Å². The molecule has 4 aromatic rings. The number of anilines is 1. The maximum atomic E-state index is 12.7. The molecular formula is C29H19Cl3N2OS2. The fraction of sp³-hybridized carbons (Fsp3) is 0.103. The number of Topliss-reactive ketones (excluding diaryl/α,β-unsaturated/α-hetero) is 1. The smallest absolute Gasteiger partial charge is 0.187 e. The van der Waals surface area contributed by atoms with Crippen molar-refractivity contribution in [2.75, 3.05) is 5.01 Å². The normalized spacial score (nSPS) is 19.7. The number of fused-ring (bicyclic) bond motifs is 2. The van der Waals surface area contributed by atoms with Crippen LogP contribution in [-0.4, -0.2) is 10.8 Å². The van der Waals surface area contributed by atoms with Crippen LogP contribution < -0.4 is 5.01 Å². The van der Waals surface area contributed by atoms with Gasteiger partial charge in [-0.2, -0.15) is 5.10 Å². The van der Waals surface area contributed by atoms with E-state index in [1.165, 1.54) is 11.8 Å². The lowest BCUT2D eigenvalue weighted by Gasteiger charge is -2.37. The number of hydrogen-bond donors (Lipinski definition) is 0. The van der Waals surface area contributed by atoms with Crippen molar-refractivity contribution in [1.82, 2.24) is 0 Å². The van der Waals surface area contributed by atoms with Gasteiger partial charge in [-0.25, -0.2) is 5.01 Å². The highest BCUT2D eigenvalue weighted by molar-refractivity contribution is 8.27. The Morgan fingerprint density at radius 3 is 1.73 bits per heavy atom. The Hall–Kier alpha value is -2.41. The van der Waals surface area contributed by atoms with Crippen molar-refractivity contribution in [2.45, 2.75) is 15.9 Å². The molecule has 37 heavy (non-hydrogen) atoms. The number of nitrogens with zero attached hydrogens (tertiary/aromatic N) is 2. The number of ketones is 1. The summed E-state index contributed by atoms with van der Waals surface area (Å²) in [7, 11) is 0. The topological polar surface area (TPSA) is 32.7 Å². The zero-order chi connectivity index (χ0) is 25.8. The molecule has 0 fully saturated rings. The maximum absolute atomic E-state index is 12.7. The van der Waals surface area contributed by atoms with E-state index in [2.05, 4.69) is 42.5 Å². The van der Waals surface area contributed by atoms with Crippen LogP contribution in [0.1, 0.15) is 29.2 Å². The van der Waals surface area contributed by atoms with E-state index in [9.17, 15) is 4.79 Å². The van der Waals surface area contributed by atoms with Gasteiger partial charge in [-0.1, -0.05) is 107 Å². The minimum atomic E-state index is -0.745. The largest absolute Gasteiger partial charge is 0.292 e. The van der Waals surface area contributed by atoms with Gasteiger partial charge in [-0.3, -0.25) is 4.79 Å². The fourth-order valence-electron chi connectivity index (χ4n) is 4.88. The second-order valence-corrected chi connectivity index (χ2v) is 12.9. The van der Waals surface area contributed by atoms with Crippen molar-refractivity contribution in [3.05, 3.63) is 134 Å². The van der Waals surface area contributed by atoms with Gasteiger partial charge in [-0.05, 0) is 65.2 Å². The van der Waals surface area contributed by atoms with E-state index in [0.717, 1.165) is 27.9 Å². The highest BCUT2D eigenvalue weighted by atomic mass is 35.5. The summed E-state index contributed by atoms with van der Waals surface area (Å²) in [6, 6.07) is 31.9. The number of carbonyl (C=O) groups excluding carboxylic acids is 1. The van der Waals surface area contributed by atoms with Crippen LogP contribution in [-0.2, 0) is 13.7 Å². The van der Waals surface area contributed by atoms with Crippen LogP contribution in [0.4, 0.5) is 5.69 Å². The molecule has 0 amide bonds. The number of halogens is 3. The van der Waals surface area contributed by atoms with Crippen molar-refractivity contribution in [3.8, 4) is 0 Å². The van der Waals surface area contributed by atoms with E-state index in [1.807, 2.05) is 59.6 Å². The third-order valence-corrected chi connectivity index (χ3v) is 10.7. The molecule has 0 aromatic heterocycles. The molecule has 4 aromatic carbocycles. The first-order valence-corrected chi connectivity index (χ1v) is 14.3. The molecule has 0 aliphatic carbocycles. The third kappa shape index (κ3) is 4.00. The van der Waals surface area contributed by atoms with Crippen molar-refractivity contribution in [3.63, 3.8) is 0 Å². The second-order valence-electron chi connectivity index (χ2n) is 8.78. The summed E-state index contributed by atoms with van der Waals surface area (Å²) in [5.74, 6) is -0.0746. The summed E-state index contributed by atoms with van der Waals surface area (Å²) in [5.41, 5.74) is 5.18. The molecule has 1 atom stereocenters. The Bertz CT molecular complexity index is 1490. The molecule has 0 radical (unpaired) electrons. The molecule has 0 unspecified atom stereocenters. The summed E-state index contributed by atoms with van der Waals surface area (Å²) in [4.78, 5) is 12.7. The summed E-state index contributed by atoms with van der Waals surface area (Å²) < 4.78 is -1.37. The lowest BCUT2D eigenvalue weighted by molar-refractivity contribution is -0.110. The molecule has 2 aliphatic rings. The first-order chi connectivity index (χ1) is 17.8. The van der Waals surface area contributed by atoms with Crippen LogP contribution >= 0.6 is 58.3 Å². The number of thioether (sulfide) groups is 2. The molecule has 3 nitrogen and oxygen atoms in total. The van der Waals surface area contributed by atoms with E-state index in [4.69, 9.17) is 39.9 Å². The van der Waals surface area contributed by atoms with E-state index in [0.29, 0.717) is 20.1 Å². The summed E-state index contributed by atoms with van der Waals surface area (Å²) >= 11 is 22.1. The maximum Gasteiger partial charge on any atom is 0.187 e. The fourth-order valence-corrected chi connectivity index (χ4v) is 8.82. The Kier molecular flexibility index (Phi) is 6.33. The molecule has 184 valence electrons. The molecule has 0 saturated heterocycles. The van der Waals surface area contributed by atoms with Crippen molar-refractivity contribution >= 4 is 74.8 Å². The Morgan fingerprint density at radius 2 is 1.22 bits per heavy atom. The van der Waals surface area contributed by atoms with Crippen molar-refractivity contribution in [2.24, 2.45) is 5.10 Å². The molecular weight excluding hydrogens is 563 g/mol. The van der Waals surface area contributed by atoms with Gasteiger partial charge in [0, 0.05) is 27.6 Å².